The average Bonchev–Trinajstić information content (AvgIpc) is 2.53. The molecule has 2 aromatic carbocycles. The van der Waals surface area contributed by atoms with Gasteiger partial charge < -0.3 is 9.30 Å². The van der Waals surface area contributed by atoms with E-state index in [2.05, 4.69) is 27.2 Å². The molecule has 0 radical (unpaired) electrons. The second-order valence-electron chi connectivity index (χ2n) is 4.80. The number of ether oxygens (including phenoxy) is 1. The molecule has 0 aliphatic heterocycles. The van der Waals surface area contributed by atoms with E-state index in [0.29, 0.717) is 0 Å². The Hall–Kier alpha value is -1.82. The highest BCUT2D eigenvalue weighted by Crippen LogP contribution is 2.27. The highest BCUT2D eigenvalue weighted by Gasteiger charge is 2.14. The molecule has 0 bridgehead atoms. The maximum Gasteiger partial charge on any atom is 0.203 e. The first-order valence-corrected chi connectivity index (χ1v) is 7.63. The summed E-state index contributed by atoms with van der Waals surface area (Å²) in [4.78, 5) is 12.6. The van der Waals surface area contributed by atoms with E-state index in [0.717, 1.165) is 31.5 Å². The zero-order valence-corrected chi connectivity index (χ0v) is 13.9. The van der Waals surface area contributed by atoms with Crippen LogP contribution in [0, 0.1) is 3.57 Å². The molecule has 0 N–H and O–H groups in total. The van der Waals surface area contributed by atoms with Crippen LogP contribution < -0.4 is 10.2 Å². The van der Waals surface area contributed by atoms with Gasteiger partial charge in [0, 0.05) is 12.4 Å². The largest absolute Gasteiger partial charge is 0.497 e. The third-order valence-electron chi connectivity index (χ3n) is 3.62. The summed E-state index contributed by atoms with van der Waals surface area (Å²) in [6.07, 6.45) is 0. The summed E-state index contributed by atoms with van der Waals surface area (Å²) in [6, 6.07) is 15.5. The fourth-order valence-corrected chi connectivity index (χ4v) is 3.48. The molecule has 0 saturated heterocycles. The lowest BCUT2D eigenvalue weighted by Gasteiger charge is -2.15. The van der Waals surface area contributed by atoms with E-state index in [1.54, 1.807) is 7.11 Å². The summed E-state index contributed by atoms with van der Waals surface area (Å²) in [5.74, 6) is 0.805. The molecule has 0 aliphatic rings. The topological polar surface area (TPSA) is 31.2 Å². The summed E-state index contributed by atoms with van der Waals surface area (Å²) in [5, 5.41) is 0.752. The Morgan fingerprint density at radius 3 is 2.38 bits per heavy atom. The summed E-state index contributed by atoms with van der Waals surface area (Å²) in [7, 11) is 3.63. The van der Waals surface area contributed by atoms with Gasteiger partial charge in [-0.15, -0.1) is 0 Å². The van der Waals surface area contributed by atoms with E-state index in [1.807, 2.05) is 55.6 Å². The van der Waals surface area contributed by atoms with Crippen molar-refractivity contribution < 1.29 is 4.74 Å². The molecule has 21 heavy (non-hydrogen) atoms. The Balaban J connectivity index is 2.34. The standard InChI is InChI=1S/C17H14INO2/c1-19-14-6-4-3-5-13(14)17(20)15(18)16(19)11-7-9-12(21-2)10-8-11/h3-10H,1-2H3. The van der Waals surface area contributed by atoms with Crippen molar-refractivity contribution in [2.75, 3.05) is 7.11 Å². The molecule has 3 nitrogen and oxygen atoms in total. The molecule has 3 aromatic rings. The zero-order chi connectivity index (χ0) is 15.0. The van der Waals surface area contributed by atoms with Gasteiger partial charge >= 0.3 is 0 Å². The van der Waals surface area contributed by atoms with Gasteiger partial charge in [-0.1, -0.05) is 12.1 Å². The van der Waals surface area contributed by atoms with Gasteiger partial charge in [0.25, 0.3) is 0 Å². The first-order chi connectivity index (χ1) is 10.1. The smallest absolute Gasteiger partial charge is 0.203 e. The van der Waals surface area contributed by atoms with Crippen molar-refractivity contribution in [3.05, 3.63) is 62.3 Å². The van der Waals surface area contributed by atoms with Gasteiger partial charge in [0.2, 0.25) is 5.43 Å². The molecule has 3 rings (SSSR count). The van der Waals surface area contributed by atoms with E-state index in [9.17, 15) is 4.79 Å². The van der Waals surface area contributed by atoms with Crippen molar-refractivity contribution >= 4 is 33.5 Å². The number of halogens is 1. The van der Waals surface area contributed by atoms with Gasteiger partial charge in [-0.2, -0.15) is 0 Å². The van der Waals surface area contributed by atoms with Gasteiger partial charge in [0.15, 0.2) is 0 Å². The molecule has 106 valence electrons. The number of pyridine rings is 1. The van der Waals surface area contributed by atoms with Crippen LogP contribution in [0.1, 0.15) is 0 Å². The molecule has 1 heterocycles. The normalized spacial score (nSPS) is 10.8. The number of fused-ring (bicyclic) bond motifs is 1. The lowest BCUT2D eigenvalue weighted by Crippen LogP contribution is -2.14. The molecular weight excluding hydrogens is 377 g/mol. The lowest BCUT2D eigenvalue weighted by molar-refractivity contribution is 0.415. The van der Waals surface area contributed by atoms with Gasteiger partial charge in [-0.3, -0.25) is 4.79 Å². The number of rotatable bonds is 2. The van der Waals surface area contributed by atoms with Crippen LogP contribution in [0.25, 0.3) is 22.2 Å². The number of hydrogen-bond acceptors (Lipinski definition) is 2. The Bertz CT molecular complexity index is 866. The molecule has 0 spiro atoms. The second-order valence-corrected chi connectivity index (χ2v) is 5.88. The molecule has 0 amide bonds. The van der Waals surface area contributed by atoms with Crippen molar-refractivity contribution in [3.8, 4) is 17.0 Å². The van der Waals surface area contributed by atoms with Crippen molar-refractivity contribution in [3.63, 3.8) is 0 Å². The number of aryl methyl sites for hydroxylation is 1. The molecule has 4 heteroatoms. The predicted molar refractivity (Wildman–Crippen MR) is 93.9 cm³/mol. The third-order valence-corrected chi connectivity index (χ3v) is 4.62. The van der Waals surface area contributed by atoms with Crippen LogP contribution in [0.3, 0.4) is 0 Å². The number of nitrogens with zero attached hydrogens (tertiary/aromatic N) is 1. The van der Waals surface area contributed by atoms with Crippen LogP contribution in [-0.4, -0.2) is 11.7 Å². The summed E-state index contributed by atoms with van der Waals surface area (Å²) < 4.78 is 7.99. The van der Waals surface area contributed by atoms with Gasteiger partial charge in [0.1, 0.15) is 5.75 Å². The number of para-hydroxylation sites is 1. The zero-order valence-electron chi connectivity index (χ0n) is 11.8. The highest BCUT2D eigenvalue weighted by molar-refractivity contribution is 14.1. The van der Waals surface area contributed by atoms with Crippen molar-refractivity contribution in [2.24, 2.45) is 7.05 Å². The number of methoxy groups -OCH3 is 1. The lowest BCUT2D eigenvalue weighted by atomic mass is 10.1. The molecule has 0 saturated carbocycles. The average molecular weight is 391 g/mol. The molecule has 0 aliphatic carbocycles. The minimum atomic E-state index is 0.0788. The molecule has 0 unspecified atom stereocenters. The Kier molecular flexibility index (Phi) is 3.71. The van der Waals surface area contributed by atoms with E-state index < -0.39 is 0 Å². The summed E-state index contributed by atoms with van der Waals surface area (Å²) in [6.45, 7) is 0. The van der Waals surface area contributed by atoms with Crippen LogP contribution in [0.5, 0.6) is 5.75 Å². The fourth-order valence-electron chi connectivity index (χ4n) is 2.52. The maximum atomic E-state index is 12.6. The van der Waals surface area contributed by atoms with Crippen molar-refractivity contribution in [2.45, 2.75) is 0 Å². The predicted octanol–water partition coefficient (Wildman–Crippen LogP) is 3.82. The number of hydrogen-bond donors (Lipinski definition) is 0. The summed E-state index contributed by atoms with van der Waals surface area (Å²) >= 11 is 2.14. The Morgan fingerprint density at radius 1 is 1.05 bits per heavy atom. The summed E-state index contributed by atoms with van der Waals surface area (Å²) in [5.41, 5.74) is 2.95. The van der Waals surface area contributed by atoms with Crippen LogP contribution in [0.4, 0.5) is 0 Å². The Morgan fingerprint density at radius 2 is 1.71 bits per heavy atom. The van der Waals surface area contributed by atoms with Crippen LogP contribution in [0.2, 0.25) is 0 Å². The first-order valence-electron chi connectivity index (χ1n) is 6.55. The third kappa shape index (κ3) is 2.33. The van der Waals surface area contributed by atoms with E-state index in [1.165, 1.54) is 0 Å². The molecule has 0 atom stereocenters. The minimum absolute atomic E-state index is 0.0788. The molecule has 1 aromatic heterocycles. The quantitative estimate of drug-likeness (QED) is 0.622. The van der Waals surface area contributed by atoms with Crippen LogP contribution >= 0.6 is 22.6 Å². The van der Waals surface area contributed by atoms with Crippen molar-refractivity contribution in [1.82, 2.24) is 4.57 Å². The number of aromatic nitrogens is 1. The van der Waals surface area contributed by atoms with Crippen LogP contribution in [0.15, 0.2) is 53.3 Å². The van der Waals surface area contributed by atoms with Gasteiger partial charge in [-0.25, -0.2) is 0 Å². The first kappa shape index (κ1) is 14.1. The SMILES string of the molecule is COc1ccc(-c2c(I)c(=O)c3ccccc3n2C)cc1. The fraction of sp³-hybridized carbons (Fsp3) is 0.118. The molecular formula is C17H14INO2. The van der Waals surface area contributed by atoms with Crippen LogP contribution in [-0.2, 0) is 7.05 Å². The van der Waals surface area contributed by atoms with Crippen molar-refractivity contribution in [1.29, 1.82) is 0 Å². The monoisotopic (exact) mass is 391 g/mol. The maximum absolute atomic E-state index is 12.6. The van der Waals surface area contributed by atoms with Gasteiger partial charge in [0.05, 0.1) is 21.9 Å². The number of benzene rings is 2. The van der Waals surface area contributed by atoms with E-state index >= 15 is 0 Å². The second kappa shape index (κ2) is 5.52. The van der Waals surface area contributed by atoms with E-state index in [-0.39, 0.29) is 5.43 Å². The highest BCUT2D eigenvalue weighted by atomic mass is 127. The minimum Gasteiger partial charge on any atom is -0.497 e. The molecule has 0 fully saturated rings. The Labute approximate surface area is 136 Å². The van der Waals surface area contributed by atoms with Gasteiger partial charge in [-0.05, 0) is 64.6 Å². The van der Waals surface area contributed by atoms with E-state index in [4.69, 9.17) is 4.74 Å².